The van der Waals surface area contributed by atoms with Crippen molar-refractivity contribution in [2.45, 2.75) is 19.9 Å². The Morgan fingerprint density at radius 1 is 1.00 bits per heavy atom. The summed E-state index contributed by atoms with van der Waals surface area (Å²) < 4.78 is 11.0. The Bertz CT molecular complexity index is 1440. The van der Waals surface area contributed by atoms with Gasteiger partial charge in [-0.15, -0.1) is 0 Å². The molecule has 164 valence electrons. The van der Waals surface area contributed by atoms with Crippen LogP contribution in [0.1, 0.15) is 50.6 Å². The molecule has 0 fully saturated rings. The molecular formula is C27H21NO5. The molecule has 0 saturated heterocycles. The van der Waals surface area contributed by atoms with Gasteiger partial charge in [-0.05, 0) is 55.8 Å². The Kier molecular flexibility index (Phi) is 5.05. The van der Waals surface area contributed by atoms with Gasteiger partial charge in [0.15, 0.2) is 5.43 Å². The standard InChI is InChI=1S/C27H21NO5/c1-3-32-27(31)18-10-12-19(13-11-18)28-23(17-7-5-4-6-8-17)22-24(29)20-15-16(2)9-14-21(20)33-25(22)26(28)30/h4-15,23H,3H2,1-2H3. The molecule has 1 aromatic heterocycles. The largest absolute Gasteiger partial charge is 0.462 e. The zero-order chi connectivity index (χ0) is 23.1. The van der Waals surface area contributed by atoms with Crippen LogP contribution in [0.4, 0.5) is 5.69 Å². The number of anilines is 1. The fourth-order valence-electron chi connectivity index (χ4n) is 4.28. The number of aryl methyl sites for hydroxylation is 1. The van der Waals surface area contributed by atoms with Crippen LogP contribution < -0.4 is 10.3 Å². The first kappa shape index (κ1) is 20.7. The van der Waals surface area contributed by atoms with Crippen LogP contribution in [-0.4, -0.2) is 18.5 Å². The quantitative estimate of drug-likeness (QED) is 0.417. The Hall–Kier alpha value is -4.19. The van der Waals surface area contributed by atoms with Crippen molar-refractivity contribution in [3.63, 3.8) is 0 Å². The van der Waals surface area contributed by atoms with Crippen LogP contribution in [0.25, 0.3) is 11.0 Å². The molecule has 6 heteroatoms. The SMILES string of the molecule is CCOC(=O)c1ccc(N2C(=O)c3oc4ccc(C)cc4c(=O)c3C2c2ccccc2)cc1. The average molecular weight is 439 g/mol. The highest BCUT2D eigenvalue weighted by molar-refractivity contribution is 6.10. The summed E-state index contributed by atoms with van der Waals surface area (Å²) in [5.41, 5.74) is 3.13. The van der Waals surface area contributed by atoms with E-state index in [0.717, 1.165) is 11.1 Å². The summed E-state index contributed by atoms with van der Waals surface area (Å²) in [6.45, 7) is 3.92. The van der Waals surface area contributed by atoms with Crippen LogP contribution >= 0.6 is 0 Å². The van der Waals surface area contributed by atoms with E-state index in [9.17, 15) is 14.4 Å². The maximum Gasteiger partial charge on any atom is 0.338 e. The van der Waals surface area contributed by atoms with E-state index in [4.69, 9.17) is 9.15 Å². The van der Waals surface area contributed by atoms with Gasteiger partial charge >= 0.3 is 5.97 Å². The molecule has 1 atom stereocenters. The first-order valence-corrected chi connectivity index (χ1v) is 10.7. The second-order valence-electron chi connectivity index (χ2n) is 7.93. The summed E-state index contributed by atoms with van der Waals surface area (Å²) in [4.78, 5) is 40.8. The number of esters is 1. The smallest absolute Gasteiger partial charge is 0.338 e. The van der Waals surface area contributed by atoms with Gasteiger partial charge in [0.05, 0.1) is 29.2 Å². The summed E-state index contributed by atoms with van der Waals surface area (Å²) in [5, 5.41) is 0.446. The number of hydrogen-bond donors (Lipinski definition) is 0. The van der Waals surface area contributed by atoms with E-state index in [1.54, 1.807) is 48.2 Å². The summed E-state index contributed by atoms with van der Waals surface area (Å²) in [6.07, 6.45) is 0. The second kappa shape index (κ2) is 8.06. The maximum atomic E-state index is 13.6. The number of amides is 1. The highest BCUT2D eigenvalue weighted by atomic mass is 16.5. The Balaban J connectivity index is 1.70. The molecular weight excluding hydrogens is 418 g/mol. The topological polar surface area (TPSA) is 76.8 Å². The number of ether oxygens (including phenoxy) is 1. The minimum Gasteiger partial charge on any atom is -0.462 e. The molecule has 1 amide bonds. The lowest BCUT2D eigenvalue weighted by Crippen LogP contribution is -2.29. The summed E-state index contributed by atoms with van der Waals surface area (Å²) >= 11 is 0. The van der Waals surface area contributed by atoms with Crippen molar-refractivity contribution in [3.8, 4) is 0 Å². The van der Waals surface area contributed by atoms with Gasteiger partial charge in [0.2, 0.25) is 5.76 Å². The van der Waals surface area contributed by atoms with Gasteiger partial charge in [-0.3, -0.25) is 14.5 Å². The van der Waals surface area contributed by atoms with Gasteiger partial charge in [-0.1, -0.05) is 42.0 Å². The molecule has 1 aliphatic rings. The van der Waals surface area contributed by atoms with E-state index >= 15 is 0 Å². The van der Waals surface area contributed by atoms with Crippen LogP contribution in [0.5, 0.6) is 0 Å². The molecule has 4 aromatic rings. The van der Waals surface area contributed by atoms with E-state index < -0.39 is 17.9 Å². The molecule has 3 aromatic carbocycles. The molecule has 2 heterocycles. The molecule has 0 aliphatic carbocycles. The monoisotopic (exact) mass is 439 g/mol. The average Bonchev–Trinajstić information content (AvgIpc) is 3.13. The zero-order valence-corrected chi connectivity index (χ0v) is 18.2. The zero-order valence-electron chi connectivity index (χ0n) is 18.2. The number of hydrogen-bond acceptors (Lipinski definition) is 5. The predicted octanol–water partition coefficient (Wildman–Crippen LogP) is 5.03. The molecule has 0 saturated carbocycles. The van der Waals surface area contributed by atoms with Crippen LogP contribution in [0.15, 0.2) is 82.0 Å². The normalized spacial score (nSPS) is 15.0. The van der Waals surface area contributed by atoms with Crippen molar-refractivity contribution in [2.75, 3.05) is 11.5 Å². The van der Waals surface area contributed by atoms with E-state index in [2.05, 4.69) is 0 Å². The fraction of sp³-hybridized carbons (Fsp3) is 0.148. The Morgan fingerprint density at radius 2 is 1.73 bits per heavy atom. The first-order valence-electron chi connectivity index (χ1n) is 10.7. The van der Waals surface area contributed by atoms with Crippen molar-refractivity contribution < 1.29 is 18.7 Å². The minimum atomic E-state index is -0.650. The molecule has 0 N–H and O–H groups in total. The van der Waals surface area contributed by atoms with Crippen molar-refractivity contribution in [1.82, 2.24) is 0 Å². The van der Waals surface area contributed by atoms with Gasteiger partial charge in [0.25, 0.3) is 5.91 Å². The number of rotatable bonds is 4. The van der Waals surface area contributed by atoms with Gasteiger partial charge in [-0.2, -0.15) is 0 Å². The third-order valence-electron chi connectivity index (χ3n) is 5.80. The molecule has 6 nitrogen and oxygen atoms in total. The van der Waals surface area contributed by atoms with E-state index in [1.807, 2.05) is 43.3 Å². The fourth-order valence-corrected chi connectivity index (χ4v) is 4.28. The molecule has 0 bridgehead atoms. The number of fused-ring (bicyclic) bond motifs is 2. The lowest BCUT2D eigenvalue weighted by atomic mass is 9.98. The highest BCUT2D eigenvalue weighted by Gasteiger charge is 2.43. The lowest BCUT2D eigenvalue weighted by molar-refractivity contribution is 0.0526. The number of carbonyl (C=O) groups is 2. The molecule has 33 heavy (non-hydrogen) atoms. The second-order valence-corrected chi connectivity index (χ2v) is 7.93. The van der Waals surface area contributed by atoms with Crippen molar-refractivity contribution in [3.05, 3.63) is 111 Å². The van der Waals surface area contributed by atoms with Crippen molar-refractivity contribution in [2.24, 2.45) is 0 Å². The summed E-state index contributed by atoms with van der Waals surface area (Å²) in [5.74, 6) is -0.792. The molecule has 1 unspecified atom stereocenters. The van der Waals surface area contributed by atoms with Crippen molar-refractivity contribution >= 4 is 28.5 Å². The molecule has 0 spiro atoms. The first-order chi connectivity index (χ1) is 16.0. The van der Waals surface area contributed by atoms with Crippen LogP contribution in [0.2, 0.25) is 0 Å². The predicted molar refractivity (Wildman–Crippen MR) is 125 cm³/mol. The van der Waals surface area contributed by atoms with Crippen molar-refractivity contribution in [1.29, 1.82) is 0 Å². The summed E-state index contributed by atoms with van der Waals surface area (Å²) in [6, 6.07) is 20.7. The summed E-state index contributed by atoms with van der Waals surface area (Å²) in [7, 11) is 0. The minimum absolute atomic E-state index is 0.0414. The molecule has 0 radical (unpaired) electrons. The van der Waals surface area contributed by atoms with Crippen LogP contribution in [0, 0.1) is 6.92 Å². The third kappa shape index (κ3) is 3.40. The molecule has 1 aliphatic heterocycles. The van der Waals surface area contributed by atoms with E-state index in [-0.39, 0.29) is 17.8 Å². The third-order valence-corrected chi connectivity index (χ3v) is 5.80. The number of benzene rings is 3. The van der Waals surface area contributed by atoms with Crippen LogP contribution in [0.3, 0.4) is 0 Å². The highest BCUT2D eigenvalue weighted by Crippen LogP contribution is 2.41. The van der Waals surface area contributed by atoms with Gasteiger partial charge < -0.3 is 9.15 Å². The maximum absolute atomic E-state index is 13.6. The van der Waals surface area contributed by atoms with E-state index in [0.29, 0.717) is 27.8 Å². The number of nitrogens with zero attached hydrogens (tertiary/aromatic N) is 1. The Morgan fingerprint density at radius 3 is 2.42 bits per heavy atom. The van der Waals surface area contributed by atoms with Crippen LogP contribution in [-0.2, 0) is 4.74 Å². The Labute approximate surface area is 190 Å². The van der Waals surface area contributed by atoms with Gasteiger partial charge in [-0.25, -0.2) is 4.79 Å². The number of carbonyl (C=O) groups excluding carboxylic acids is 2. The lowest BCUT2D eigenvalue weighted by Gasteiger charge is -2.25. The van der Waals surface area contributed by atoms with Gasteiger partial charge in [0.1, 0.15) is 5.58 Å². The molecule has 5 rings (SSSR count). The van der Waals surface area contributed by atoms with E-state index in [1.165, 1.54) is 0 Å². The van der Waals surface area contributed by atoms with Gasteiger partial charge in [0, 0.05) is 5.69 Å².